The number of esters is 1. The number of ether oxygens (including phenoxy) is 2. The summed E-state index contributed by atoms with van der Waals surface area (Å²) in [6.45, 7) is 0.197. The molecule has 4 aromatic rings. The van der Waals surface area contributed by atoms with Crippen LogP contribution in [0.4, 0.5) is 10.2 Å². The number of carbonyl (C=O) groups is 1. The zero-order valence-electron chi connectivity index (χ0n) is 17.8. The van der Waals surface area contributed by atoms with Crippen LogP contribution in [0.15, 0.2) is 60.9 Å². The average molecular weight is 502 g/mol. The summed E-state index contributed by atoms with van der Waals surface area (Å²) in [6.07, 6.45) is 3.18. The van der Waals surface area contributed by atoms with E-state index in [0.29, 0.717) is 6.54 Å². The average Bonchev–Trinajstić information content (AvgIpc) is 3.37. The number of hydrogen-bond acceptors (Lipinski definition) is 7. The van der Waals surface area contributed by atoms with Crippen molar-refractivity contribution in [1.29, 1.82) is 0 Å². The first-order chi connectivity index (χ1) is 16.5. The van der Waals surface area contributed by atoms with Crippen LogP contribution in [0.2, 0.25) is 10.0 Å². The van der Waals surface area contributed by atoms with Gasteiger partial charge in [0.15, 0.2) is 29.8 Å². The molecule has 0 fully saturated rings. The summed E-state index contributed by atoms with van der Waals surface area (Å²) in [5.74, 6) is -1.73. The molecule has 174 valence electrons. The molecule has 0 saturated heterocycles. The van der Waals surface area contributed by atoms with E-state index in [-0.39, 0.29) is 45.4 Å². The van der Waals surface area contributed by atoms with Gasteiger partial charge in [0, 0.05) is 18.9 Å². The molecule has 2 aromatic carbocycles. The summed E-state index contributed by atoms with van der Waals surface area (Å²) in [5.41, 5.74) is 0.686. The van der Waals surface area contributed by atoms with Crippen molar-refractivity contribution in [2.75, 3.05) is 12.4 Å². The summed E-state index contributed by atoms with van der Waals surface area (Å²) in [4.78, 5) is 21.4. The Morgan fingerprint density at radius 1 is 1.12 bits per heavy atom. The summed E-state index contributed by atoms with van der Waals surface area (Å²) < 4.78 is 26.8. The molecule has 2 heterocycles. The molecule has 0 aliphatic heterocycles. The fourth-order valence-corrected chi connectivity index (χ4v) is 3.52. The number of methoxy groups -OCH3 is 1. The molecule has 0 radical (unpaired) electrons. The van der Waals surface area contributed by atoms with Crippen molar-refractivity contribution in [2.45, 2.75) is 13.3 Å². The fraction of sp³-hybridized carbons (Fsp3) is 0.130. The number of anilines is 1. The van der Waals surface area contributed by atoms with Crippen LogP contribution in [-0.4, -0.2) is 32.8 Å². The largest absolute Gasteiger partial charge is 0.492 e. The highest BCUT2D eigenvalue weighted by Crippen LogP contribution is 2.35. The number of nitrogens with zero attached hydrogens (tertiary/aromatic N) is 4. The lowest BCUT2D eigenvalue weighted by Gasteiger charge is -2.14. The summed E-state index contributed by atoms with van der Waals surface area (Å²) in [7, 11) is 1.29. The number of nitrogens with one attached hydrogen (secondary N) is 1. The molecule has 0 unspecified atom stereocenters. The molecule has 0 spiro atoms. The van der Waals surface area contributed by atoms with E-state index >= 15 is 4.39 Å². The van der Waals surface area contributed by atoms with Gasteiger partial charge in [0.1, 0.15) is 10.8 Å². The van der Waals surface area contributed by atoms with Crippen LogP contribution >= 0.6 is 23.2 Å². The Kier molecular flexibility index (Phi) is 7.24. The van der Waals surface area contributed by atoms with Crippen molar-refractivity contribution in [2.24, 2.45) is 0 Å². The van der Waals surface area contributed by atoms with Crippen molar-refractivity contribution in [1.82, 2.24) is 19.7 Å². The minimum atomic E-state index is -0.826. The fourth-order valence-electron chi connectivity index (χ4n) is 3.06. The first-order valence-electron chi connectivity index (χ1n) is 10.00. The predicted octanol–water partition coefficient (Wildman–Crippen LogP) is 5.22. The van der Waals surface area contributed by atoms with E-state index in [1.807, 2.05) is 30.3 Å². The lowest BCUT2D eigenvalue weighted by atomic mass is 10.1. The summed E-state index contributed by atoms with van der Waals surface area (Å²) in [6, 6.07) is 14.0. The Balaban J connectivity index is 1.73. The smallest absolute Gasteiger partial charge is 0.360 e. The molecular formula is C23H18Cl2FN5O3. The van der Waals surface area contributed by atoms with Crippen molar-refractivity contribution in [3.63, 3.8) is 0 Å². The van der Waals surface area contributed by atoms with E-state index in [1.165, 1.54) is 23.9 Å². The molecule has 0 atom stereocenters. The first-order valence-corrected chi connectivity index (χ1v) is 10.8. The van der Waals surface area contributed by atoms with E-state index in [2.05, 4.69) is 20.4 Å². The van der Waals surface area contributed by atoms with E-state index in [4.69, 9.17) is 32.7 Å². The van der Waals surface area contributed by atoms with Gasteiger partial charge in [-0.15, -0.1) is 0 Å². The van der Waals surface area contributed by atoms with Gasteiger partial charge >= 0.3 is 5.97 Å². The van der Waals surface area contributed by atoms with Crippen molar-refractivity contribution >= 4 is 35.0 Å². The molecule has 0 aliphatic rings. The SMILES string of the molecule is COc1c(Cl)ccc(-c2nc(NCc3ccccc3)c(Cl)c(C(=O)OCn3cccn3)n2)c1F. The highest BCUT2D eigenvalue weighted by atomic mass is 35.5. The third-order valence-corrected chi connectivity index (χ3v) is 5.38. The Labute approximate surface area is 204 Å². The second-order valence-electron chi connectivity index (χ2n) is 6.95. The topological polar surface area (TPSA) is 91.2 Å². The van der Waals surface area contributed by atoms with Crippen LogP contribution in [0.1, 0.15) is 16.1 Å². The molecule has 34 heavy (non-hydrogen) atoms. The Bertz CT molecular complexity index is 1300. The monoisotopic (exact) mass is 501 g/mol. The second-order valence-corrected chi connectivity index (χ2v) is 7.73. The standard InChI is InChI=1S/C23H18Cl2FN5O3/c1-33-20-16(24)9-8-15(18(20)26)21-29-19(23(32)34-13-31-11-5-10-28-31)17(25)22(30-21)27-12-14-6-3-2-4-7-14/h2-11H,12-13H2,1H3,(H,27,29,30). The van der Waals surface area contributed by atoms with E-state index < -0.39 is 11.8 Å². The van der Waals surface area contributed by atoms with Crippen molar-refractivity contribution in [3.05, 3.63) is 88.0 Å². The van der Waals surface area contributed by atoms with Gasteiger partial charge in [-0.2, -0.15) is 5.10 Å². The normalized spacial score (nSPS) is 10.7. The Morgan fingerprint density at radius 3 is 2.62 bits per heavy atom. The predicted molar refractivity (Wildman–Crippen MR) is 125 cm³/mol. The Hall–Kier alpha value is -3.69. The van der Waals surface area contributed by atoms with E-state index in [1.54, 1.807) is 18.5 Å². The quantitative estimate of drug-likeness (QED) is 0.331. The zero-order chi connectivity index (χ0) is 24.1. The first kappa shape index (κ1) is 23.5. The number of carbonyl (C=O) groups excluding carboxylic acids is 1. The molecule has 0 bridgehead atoms. The second kappa shape index (κ2) is 10.5. The van der Waals surface area contributed by atoms with Crippen molar-refractivity contribution in [3.8, 4) is 17.1 Å². The van der Waals surface area contributed by atoms with Gasteiger partial charge in [0.25, 0.3) is 0 Å². The number of halogens is 3. The number of hydrogen-bond donors (Lipinski definition) is 1. The third kappa shape index (κ3) is 5.11. The molecular weight excluding hydrogens is 484 g/mol. The minimum absolute atomic E-state index is 0.0261. The lowest BCUT2D eigenvalue weighted by molar-refractivity contribution is 0.0343. The van der Waals surface area contributed by atoms with Gasteiger partial charge in [-0.3, -0.25) is 0 Å². The maximum Gasteiger partial charge on any atom is 0.360 e. The molecule has 8 nitrogen and oxygen atoms in total. The van der Waals surface area contributed by atoms with Crippen LogP contribution in [-0.2, 0) is 18.0 Å². The van der Waals surface area contributed by atoms with Gasteiger partial charge in [-0.05, 0) is 23.8 Å². The molecule has 11 heteroatoms. The zero-order valence-corrected chi connectivity index (χ0v) is 19.3. The maximum absolute atomic E-state index is 15.1. The van der Waals surface area contributed by atoms with Crippen LogP contribution in [0.5, 0.6) is 5.75 Å². The number of aromatic nitrogens is 4. The number of benzene rings is 2. The Morgan fingerprint density at radius 2 is 1.91 bits per heavy atom. The van der Waals surface area contributed by atoms with Gasteiger partial charge in [-0.25, -0.2) is 23.8 Å². The molecule has 0 aliphatic carbocycles. The summed E-state index contributed by atoms with van der Waals surface area (Å²) >= 11 is 12.5. The lowest BCUT2D eigenvalue weighted by Crippen LogP contribution is -2.15. The van der Waals surface area contributed by atoms with Crippen LogP contribution in [0.25, 0.3) is 11.4 Å². The molecule has 0 saturated carbocycles. The van der Waals surface area contributed by atoms with Gasteiger partial charge < -0.3 is 14.8 Å². The third-order valence-electron chi connectivity index (χ3n) is 4.73. The van der Waals surface area contributed by atoms with Crippen molar-refractivity contribution < 1.29 is 18.7 Å². The molecule has 2 aromatic heterocycles. The number of rotatable bonds is 8. The van der Waals surface area contributed by atoms with Crippen LogP contribution in [0.3, 0.4) is 0 Å². The highest BCUT2D eigenvalue weighted by molar-refractivity contribution is 6.35. The highest BCUT2D eigenvalue weighted by Gasteiger charge is 2.24. The van der Waals surface area contributed by atoms with Crippen LogP contribution < -0.4 is 10.1 Å². The molecule has 0 amide bonds. The molecule has 4 rings (SSSR count). The summed E-state index contributed by atoms with van der Waals surface area (Å²) in [5, 5.41) is 7.07. The van der Waals surface area contributed by atoms with Gasteiger partial charge in [0.05, 0.1) is 17.7 Å². The van der Waals surface area contributed by atoms with Gasteiger partial charge in [-0.1, -0.05) is 53.5 Å². The van der Waals surface area contributed by atoms with Crippen LogP contribution in [0, 0.1) is 5.82 Å². The van der Waals surface area contributed by atoms with E-state index in [9.17, 15) is 4.79 Å². The minimum Gasteiger partial charge on any atom is -0.492 e. The van der Waals surface area contributed by atoms with Gasteiger partial charge in [0.2, 0.25) is 0 Å². The van der Waals surface area contributed by atoms with E-state index in [0.717, 1.165) is 5.56 Å². The molecule has 1 N–H and O–H groups in total. The maximum atomic E-state index is 15.1.